The average Bonchev–Trinajstić information content (AvgIpc) is 2.59. The van der Waals surface area contributed by atoms with Crippen molar-refractivity contribution in [3.8, 4) is 0 Å². The Bertz CT molecular complexity index is 623. The lowest BCUT2D eigenvalue weighted by Gasteiger charge is -2.20. The third-order valence-electron chi connectivity index (χ3n) is 3.25. The number of carbonyl (C=O) groups is 6. The van der Waals surface area contributed by atoms with Crippen LogP contribution in [0.1, 0.15) is 19.3 Å². The smallest absolute Gasteiger partial charge is 0.328 e. The zero-order valence-corrected chi connectivity index (χ0v) is 14.6. The van der Waals surface area contributed by atoms with Crippen molar-refractivity contribution in [1.29, 1.82) is 0 Å². The Balaban J connectivity index is 4.86. The molecule has 14 heteroatoms. The van der Waals surface area contributed by atoms with Crippen LogP contribution in [0.3, 0.4) is 0 Å². The highest BCUT2D eigenvalue weighted by Gasteiger charge is 2.26. The summed E-state index contributed by atoms with van der Waals surface area (Å²) in [5, 5.41) is 40.9. The SMILES string of the molecule is NC(CC(=O)O)C(=O)NC(CCC(=O)O)C(=O)NCC(=O)NC(CO)C(=O)O. The maximum atomic E-state index is 12.1. The van der Waals surface area contributed by atoms with Crippen LogP contribution in [-0.4, -0.2) is 87.3 Å². The number of hydrogen-bond donors (Lipinski definition) is 8. The summed E-state index contributed by atoms with van der Waals surface area (Å²) >= 11 is 0. The number of aliphatic hydroxyl groups is 1. The normalized spacial score (nSPS) is 13.5. The molecule has 0 aromatic heterocycles. The van der Waals surface area contributed by atoms with E-state index in [2.05, 4.69) is 10.6 Å². The Morgan fingerprint density at radius 2 is 1.46 bits per heavy atom. The summed E-state index contributed by atoms with van der Waals surface area (Å²) in [5.41, 5.74) is 5.36. The van der Waals surface area contributed by atoms with Gasteiger partial charge in [0.15, 0.2) is 0 Å². The molecule has 0 saturated heterocycles. The maximum Gasteiger partial charge on any atom is 0.328 e. The predicted molar refractivity (Wildman–Crippen MR) is 88.7 cm³/mol. The van der Waals surface area contributed by atoms with Crippen LogP contribution in [-0.2, 0) is 28.8 Å². The quantitative estimate of drug-likeness (QED) is 0.146. The molecule has 0 rings (SSSR count). The molecule has 0 aliphatic rings. The van der Waals surface area contributed by atoms with Gasteiger partial charge in [-0.05, 0) is 6.42 Å². The first-order valence-corrected chi connectivity index (χ1v) is 7.88. The third kappa shape index (κ3) is 10.0. The summed E-state index contributed by atoms with van der Waals surface area (Å²) in [6.07, 6.45) is -1.62. The van der Waals surface area contributed by atoms with Crippen LogP contribution in [0.5, 0.6) is 0 Å². The second kappa shape index (κ2) is 12.2. The van der Waals surface area contributed by atoms with Gasteiger partial charge in [0, 0.05) is 6.42 Å². The molecule has 0 aromatic rings. The first kappa shape index (κ1) is 24.7. The van der Waals surface area contributed by atoms with Crippen LogP contribution >= 0.6 is 0 Å². The van der Waals surface area contributed by atoms with E-state index in [0.29, 0.717) is 0 Å². The second-order valence-electron chi connectivity index (χ2n) is 5.56. The van der Waals surface area contributed by atoms with Gasteiger partial charge in [-0.3, -0.25) is 24.0 Å². The Labute approximate surface area is 158 Å². The van der Waals surface area contributed by atoms with E-state index in [0.717, 1.165) is 0 Å². The first-order valence-electron chi connectivity index (χ1n) is 7.88. The van der Waals surface area contributed by atoms with Crippen molar-refractivity contribution in [2.24, 2.45) is 5.73 Å². The van der Waals surface area contributed by atoms with Gasteiger partial charge in [0.1, 0.15) is 12.1 Å². The molecule has 3 amide bonds. The fourth-order valence-electron chi connectivity index (χ4n) is 1.82. The average molecular weight is 406 g/mol. The van der Waals surface area contributed by atoms with Gasteiger partial charge < -0.3 is 42.1 Å². The summed E-state index contributed by atoms with van der Waals surface area (Å²) in [7, 11) is 0. The molecule has 158 valence electrons. The molecule has 0 spiro atoms. The van der Waals surface area contributed by atoms with Crippen LogP contribution in [0.15, 0.2) is 0 Å². The highest BCUT2D eigenvalue weighted by molar-refractivity contribution is 5.93. The molecule has 3 unspecified atom stereocenters. The van der Waals surface area contributed by atoms with Gasteiger partial charge in [0.05, 0.1) is 25.6 Å². The Morgan fingerprint density at radius 3 is 1.93 bits per heavy atom. The predicted octanol–water partition coefficient (Wildman–Crippen LogP) is -4.18. The third-order valence-corrected chi connectivity index (χ3v) is 3.25. The first-order chi connectivity index (χ1) is 13.0. The number of aliphatic hydroxyl groups excluding tert-OH is 1. The van der Waals surface area contributed by atoms with Gasteiger partial charge in [0.25, 0.3) is 0 Å². The van der Waals surface area contributed by atoms with Crippen molar-refractivity contribution in [2.45, 2.75) is 37.4 Å². The van der Waals surface area contributed by atoms with E-state index in [1.165, 1.54) is 0 Å². The lowest BCUT2D eigenvalue weighted by atomic mass is 10.1. The number of carbonyl (C=O) groups excluding carboxylic acids is 3. The van der Waals surface area contributed by atoms with Crippen molar-refractivity contribution in [2.75, 3.05) is 13.2 Å². The van der Waals surface area contributed by atoms with E-state index in [1.54, 1.807) is 0 Å². The van der Waals surface area contributed by atoms with Crippen LogP contribution < -0.4 is 21.7 Å². The summed E-state index contributed by atoms with van der Waals surface area (Å²) in [6, 6.07) is -4.49. The molecule has 0 radical (unpaired) electrons. The van der Waals surface area contributed by atoms with Crippen molar-refractivity contribution in [3.05, 3.63) is 0 Å². The van der Waals surface area contributed by atoms with E-state index in [4.69, 9.17) is 26.2 Å². The van der Waals surface area contributed by atoms with Crippen LogP contribution in [0.4, 0.5) is 0 Å². The molecule has 0 fully saturated rings. The molecule has 0 bridgehead atoms. The fourth-order valence-corrected chi connectivity index (χ4v) is 1.82. The highest BCUT2D eigenvalue weighted by atomic mass is 16.4. The van der Waals surface area contributed by atoms with Crippen LogP contribution in [0, 0.1) is 0 Å². The lowest BCUT2D eigenvalue weighted by Crippen LogP contribution is -2.54. The van der Waals surface area contributed by atoms with Crippen LogP contribution in [0.25, 0.3) is 0 Å². The molecular weight excluding hydrogens is 384 g/mol. The molecule has 0 saturated carbocycles. The summed E-state index contributed by atoms with van der Waals surface area (Å²) < 4.78 is 0. The summed E-state index contributed by atoms with van der Waals surface area (Å²) in [5.74, 6) is -7.07. The van der Waals surface area contributed by atoms with Gasteiger partial charge in [-0.2, -0.15) is 0 Å². The molecular formula is C14H22N4O10. The summed E-state index contributed by atoms with van der Waals surface area (Å²) in [4.78, 5) is 67.5. The van der Waals surface area contributed by atoms with E-state index in [-0.39, 0.29) is 6.42 Å². The monoisotopic (exact) mass is 406 g/mol. The molecule has 0 heterocycles. The van der Waals surface area contributed by atoms with Gasteiger partial charge in [-0.1, -0.05) is 0 Å². The van der Waals surface area contributed by atoms with Gasteiger partial charge in [-0.15, -0.1) is 0 Å². The van der Waals surface area contributed by atoms with Gasteiger partial charge >= 0.3 is 17.9 Å². The number of nitrogens with two attached hydrogens (primary N) is 1. The maximum absolute atomic E-state index is 12.1. The Morgan fingerprint density at radius 1 is 0.857 bits per heavy atom. The van der Waals surface area contributed by atoms with Crippen molar-refractivity contribution < 1.29 is 49.2 Å². The van der Waals surface area contributed by atoms with Gasteiger partial charge in [0.2, 0.25) is 17.7 Å². The second-order valence-corrected chi connectivity index (χ2v) is 5.56. The number of aliphatic carboxylic acids is 3. The van der Waals surface area contributed by atoms with Crippen molar-refractivity contribution in [3.63, 3.8) is 0 Å². The van der Waals surface area contributed by atoms with E-state index < -0.39 is 79.7 Å². The van der Waals surface area contributed by atoms with Crippen LogP contribution in [0.2, 0.25) is 0 Å². The molecule has 28 heavy (non-hydrogen) atoms. The minimum atomic E-state index is -1.58. The number of hydrogen-bond acceptors (Lipinski definition) is 8. The minimum Gasteiger partial charge on any atom is -0.481 e. The highest BCUT2D eigenvalue weighted by Crippen LogP contribution is 2.00. The van der Waals surface area contributed by atoms with E-state index >= 15 is 0 Å². The zero-order chi connectivity index (χ0) is 21.9. The number of carboxylic acid groups (broad SMARTS) is 3. The number of carboxylic acids is 3. The van der Waals surface area contributed by atoms with Gasteiger partial charge in [-0.25, -0.2) is 4.79 Å². The molecule has 0 aliphatic carbocycles. The largest absolute Gasteiger partial charge is 0.481 e. The number of rotatable bonds is 13. The fraction of sp³-hybridized carbons (Fsp3) is 0.571. The minimum absolute atomic E-state index is 0.372. The molecule has 3 atom stereocenters. The zero-order valence-electron chi connectivity index (χ0n) is 14.6. The Hall–Kier alpha value is -3.26. The van der Waals surface area contributed by atoms with E-state index in [9.17, 15) is 28.8 Å². The summed E-state index contributed by atoms with van der Waals surface area (Å²) in [6.45, 7) is -1.60. The van der Waals surface area contributed by atoms with E-state index in [1.807, 2.05) is 5.32 Å². The number of nitrogens with one attached hydrogen (secondary N) is 3. The molecule has 9 N–H and O–H groups in total. The topological polar surface area (TPSA) is 245 Å². The molecule has 0 aromatic carbocycles. The van der Waals surface area contributed by atoms with Crippen molar-refractivity contribution >= 4 is 35.6 Å². The molecule has 0 aliphatic heterocycles. The van der Waals surface area contributed by atoms with Crippen molar-refractivity contribution in [1.82, 2.24) is 16.0 Å². The lowest BCUT2D eigenvalue weighted by molar-refractivity contribution is -0.142. The Kier molecular flexibility index (Phi) is 10.8. The standard InChI is InChI=1S/C14H22N4O10/c15-6(3-11(23)24)12(25)18-7(1-2-10(21)22)13(26)16-4-9(20)17-8(5-19)14(27)28/h6-8,19H,1-5,15H2,(H,16,26)(H,17,20)(H,18,25)(H,21,22)(H,23,24)(H,27,28). The number of amides is 3. The molecule has 14 nitrogen and oxygen atoms in total.